The summed E-state index contributed by atoms with van der Waals surface area (Å²) in [6, 6.07) is 20.6. The van der Waals surface area contributed by atoms with Gasteiger partial charge in [-0.25, -0.2) is 4.79 Å². The highest BCUT2D eigenvalue weighted by Crippen LogP contribution is 2.36. The van der Waals surface area contributed by atoms with Gasteiger partial charge in [0.25, 0.3) is 0 Å². The molecule has 0 spiro atoms. The van der Waals surface area contributed by atoms with E-state index in [4.69, 9.17) is 9.47 Å². The average Bonchev–Trinajstić information content (AvgIpc) is 3.18. The lowest BCUT2D eigenvalue weighted by Gasteiger charge is -2.37. The molecule has 2 aliphatic heterocycles. The number of hydrogen-bond donors (Lipinski definition) is 0. The predicted molar refractivity (Wildman–Crippen MR) is 122 cm³/mol. The largest absolute Gasteiger partial charge is 0.440 e. The first-order chi connectivity index (χ1) is 14.7. The van der Waals surface area contributed by atoms with Crippen LogP contribution >= 0.6 is 0 Å². The number of ether oxygens (including phenoxy) is 2. The number of carbonyl (C=O) groups is 1. The molecule has 2 aliphatic rings. The van der Waals surface area contributed by atoms with Crippen LogP contribution in [0.4, 0.5) is 4.79 Å². The molecule has 0 radical (unpaired) electrons. The van der Waals surface area contributed by atoms with E-state index in [1.54, 1.807) is 4.90 Å². The molecule has 0 aromatic heterocycles. The van der Waals surface area contributed by atoms with Gasteiger partial charge in [-0.1, -0.05) is 66.7 Å². The second-order valence-corrected chi connectivity index (χ2v) is 9.54. The first kappa shape index (κ1) is 21.6. The van der Waals surface area contributed by atoms with Crippen molar-refractivity contribution in [2.75, 3.05) is 19.7 Å². The summed E-state index contributed by atoms with van der Waals surface area (Å²) in [4.78, 5) is 17.3. The normalized spacial score (nSPS) is 23.9. The Morgan fingerprint density at radius 3 is 2.32 bits per heavy atom. The van der Waals surface area contributed by atoms with E-state index in [-0.39, 0.29) is 12.2 Å². The van der Waals surface area contributed by atoms with Crippen molar-refractivity contribution in [3.8, 4) is 0 Å². The molecule has 5 heteroatoms. The molecule has 2 fully saturated rings. The predicted octanol–water partition coefficient (Wildman–Crippen LogP) is 4.94. The maximum absolute atomic E-state index is 13.3. The molecule has 2 aromatic rings. The third kappa shape index (κ3) is 4.83. The summed E-state index contributed by atoms with van der Waals surface area (Å²) in [6.07, 6.45) is 1.54. The third-order valence-electron chi connectivity index (χ3n) is 5.99. The van der Waals surface area contributed by atoms with Gasteiger partial charge in [-0.2, -0.15) is 0 Å². The van der Waals surface area contributed by atoms with Gasteiger partial charge in [-0.3, -0.25) is 9.80 Å². The molecule has 164 valence electrons. The quantitative estimate of drug-likeness (QED) is 0.703. The topological polar surface area (TPSA) is 42.0 Å². The van der Waals surface area contributed by atoms with Gasteiger partial charge in [0.15, 0.2) is 0 Å². The zero-order valence-corrected chi connectivity index (χ0v) is 18.9. The Labute approximate surface area is 185 Å². The molecular formula is C26H32N2O3. The monoisotopic (exact) mass is 420 g/mol. The van der Waals surface area contributed by atoms with Gasteiger partial charge in [-0.15, -0.1) is 0 Å². The summed E-state index contributed by atoms with van der Waals surface area (Å²) in [7, 11) is 0. The molecule has 2 aromatic carbocycles. The van der Waals surface area contributed by atoms with Gasteiger partial charge in [0, 0.05) is 19.6 Å². The van der Waals surface area contributed by atoms with Crippen molar-refractivity contribution in [2.45, 2.75) is 51.6 Å². The van der Waals surface area contributed by atoms with Gasteiger partial charge >= 0.3 is 6.09 Å². The van der Waals surface area contributed by atoms with Crippen LogP contribution in [0.5, 0.6) is 0 Å². The fraction of sp³-hybridized carbons (Fsp3) is 0.423. The van der Waals surface area contributed by atoms with Gasteiger partial charge in [-0.05, 0) is 44.4 Å². The van der Waals surface area contributed by atoms with Crippen molar-refractivity contribution < 1.29 is 14.3 Å². The molecular weight excluding hydrogens is 388 g/mol. The third-order valence-corrected chi connectivity index (χ3v) is 5.99. The van der Waals surface area contributed by atoms with E-state index in [2.05, 4.69) is 47.4 Å². The van der Waals surface area contributed by atoms with E-state index in [0.29, 0.717) is 13.2 Å². The molecule has 31 heavy (non-hydrogen) atoms. The molecule has 0 bridgehead atoms. The molecule has 1 atom stereocenters. The minimum Gasteiger partial charge on any atom is -0.440 e. The number of carbonyl (C=O) groups excluding carboxylic acids is 1. The van der Waals surface area contributed by atoms with Gasteiger partial charge < -0.3 is 9.47 Å². The van der Waals surface area contributed by atoms with Crippen molar-refractivity contribution in [3.63, 3.8) is 0 Å². The Bertz CT molecular complexity index is 922. The molecule has 2 saturated heterocycles. The summed E-state index contributed by atoms with van der Waals surface area (Å²) >= 11 is 0. The molecule has 1 amide bonds. The minimum atomic E-state index is -0.688. The molecule has 5 nitrogen and oxygen atoms in total. The highest BCUT2D eigenvalue weighted by molar-refractivity contribution is 5.71. The molecule has 2 heterocycles. The second kappa shape index (κ2) is 8.48. The average molecular weight is 421 g/mol. The first-order valence-corrected chi connectivity index (χ1v) is 10.9. The lowest BCUT2D eigenvalue weighted by Crippen LogP contribution is -2.53. The van der Waals surface area contributed by atoms with Crippen molar-refractivity contribution in [3.05, 3.63) is 77.4 Å². The second-order valence-electron chi connectivity index (χ2n) is 9.54. The SMILES string of the molecule is CC1(C)COC(C)(C)N1C(=O)O[C@@H]1CN(Cc2ccccc2)C/C1=C\c1ccccc1. The van der Waals surface area contributed by atoms with Crippen LogP contribution in [-0.4, -0.2) is 53.0 Å². The molecule has 0 unspecified atom stereocenters. The number of rotatable bonds is 4. The van der Waals surface area contributed by atoms with Crippen LogP contribution in [0.15, 0.2) is 66.2 Å². The van der Waals surface area contributed by atoms with Crippen molar-refractivity contribution in [2.24, 2.45) is 0 Å². The number of benzene rings is 2. The Morgan fingerprint density at radius 2 is 1.71 bits per heavy atom. The Kier molecular flexibility index (Phi) is 5.91. The van der Waals surface area contributed by atoms with E-state index in [1.807, 2.05) is 52.0 Å². The van der Waals surface area contributed by atoms with E-state index in [1.165, 1.54) is 5.56 Å². The van der Waals surface area contributed by atoms with Crippen LogP contribution in [0.3, 0.4) is 0 Å². The zero-order valence-electron chi connectivity index (χ0n) is 18.9. The minimum absolute atomic E-state index is 0.288. The van der Waals surface area contributed by atoms with Gasteiger partial charge in [0.2, 0.25) is 0 Å². The summed E-state index contributed by atoms with van der Waals surface area (Å²) in [5, 5.41) is 0. The van der Waals surface area contributed by atoms with E-state index in [0.717, 1.165) is 24.2 Å². The zero-order chi connectivity index (χ0) is 22.1. The van der Waals surface area contributed by atoms with E-state index in [9.17, 15) is 4.79 Å². The van der Waals surface area contributed by atoms with Crippen LogP contribution in [-0.2, 0) is 16.0 Å². The summed E-state index contributed by atoms with van der Waals surface area (Å²) in [5.41, 5.74) is 2.39. The highest BCUT2D eigenvalue weighted by atomic mass is 16.6. The number of likely N-dealkylation sites (tertiary alicyclic amines) is 1. The molecule has 4 rings (SSSR count). The van der Waals surface area contributed by atoms with Crippen LogP contribution < -0.4 is 0 Å². The molecule has 0 aliphatic carbocycles. The Balaban J connectivity index is 1.55. The lowest BCUT2D eigenvalue weighted by atomic mass is 10.0. The van der Waals surface area contributed by atoms with Crippen molar-refractivity contribution >= 4 is 12.2 Å². The van der Waals surface area contributed by atoms with Gasteiger partial charge in [0.05, 0.1) is 12.1 Å². The fourth-order valence-corrected chi connectivity index (χ4v) is 4.61. The maximum atomic E-state index is 13.3. The maximum Gasteiger partial charge on any atom is 0.413 e. The lowest BCUT2D eigenvalue weighted by molar-refractivity contribution is -0.0557. The van der Waals surface area contributed by atoms with Crippen LogP contribution in [0.1, 0.15) is 38.8 Å². The van der Waals surface area contributed by atoms with Crippen LogP contribution in [0.2, 0.25) is 0 Å². The molecule has 0 N–H and O–H groups in total. The number of amides is 1. The van der Waals surface area contributed by atoms with Crippen molar-refractivity contribution in [1.29, 1.82) is 0 Å². The summed E-state index contributed by atoms with van der Waals surface area (Å²) in [6.45, 7) is 10.6. The van der Waals surface area contributed by atoms with E-state index < -0.39 is 11.3 Å². The first-order valence-electron chi connectivity index (χ1n) is 10.9. The standard InChI is InChI=1S/C26H32N2O3/c1-25(2)19-30-26(3,4)28(25)24(29)31-23-18-27(16-21-13-9-6-10-14-21)17-22(23)15-20-11-7-5-8-12-20/h5-15,23H,16-19H2,1-4H3/b22-15+/t23-/m1/s1. The highest BCUT2D eigenvalue weighted by Gasteiger charge is 2.50. The number of nitrogens with zero attached hydrogens (tertiary/aromatic N) is 2. The Morgan fingerprint density at radius 1 is 1.06 bits per heavy atom. The molecule has 0 saturated carbocycles. The van der Waals surface area contributed by atoms with E-state index >= 15 is 0 Å². The summed E-state index contributed by atoms with van der Waals surface area (Å²) in [5.74, 6) is 0. The van der Waals surface area contributed by atoms with Crippen molar-refractivity contribution in [1.82, 2.24) is 9.80 Å². The smallest absolute Gasteiger partial charge is 0.413 e. The number of hydrogen-bond acceptors (Lipinski definition) is 4. The van der Waals surface area contributed by atoms with Gasteiger partial charge in [0.1, 0.15) is 11.8 Å². The van der Waals surface area contributed by atoms with Crippen LogP contribution in [0, 0.1) is 0 Å². The fourth-order valence-electron chi connectivity index (χ4n) is 4.61. The Hall–Kier alpha value is -2.63. The summed E-state index contributed by atoms with van der Waals surface area (Å²) < 4.78 is 12.0. The van der Waals surface area contributed by atoms with Crippen LogP contribution in [0.25, 0.3) is 6.08 Å².